The number of hydrogen-bond acceptors (Lipinski definition) is 4. The zero-order valence-corrected chi connectivity index (χ0v) is 13.0. The second kappa shape index (κ2) is 6.17. The minimum absolute atomic E-state index is 0.0517. The SMILES string of the molecule is CC(C)(C)[C@H](Cn1ccnc1)NC(=O)CN1C(=O)CNC1=O. The summed E-state index contributed by atoms with van der Waals surface area (Å²) in [5.41, 5.74) is -0.183. The molecule has 1 fully saturated rings. The fourth-order valence-corrected chi connectivity index (χ4v) is 2.14. The quantitative estimate of drug-likeness (QED) is 0.746. The van der Waals surface area contributed by atoms with E-state index >= 15 is 0 Å². The summed E-state index contributed by atoms with van der Waals surface area (Å²) in [6, 6.07) is -0.683. The summed E-state index contributed by atoms with van der Waals surface area (Å²) in [6.07, 6.45) is 5.18. The number of rotatable bonds is 5. The van der Waals surface area contributed by atoms with E-state index in [-0.39, 0.29) is 36.4 Å². The molecule has 1 saturated heterocycles. The van der Waals surface area contributed by atoms with Gasteiger partial charge in [-0.25, -0.2) is 9.78 Å². The lowest BCUT2D eigenvalue weighted by atomic mass is 9.86. The molecule has 1 atom stereocenters. The number of nitrogens with zero attached hydrogens (tertiary/aromatic N) is 3. The molecule has 0 unspecified atom stereocenters. The molecule has 1 aromatic heterocycles. The summed E-state index contributed by atoms with van der Waals surface area (Å²) in [7, 11) is 0. The van der Waals surface area contributed by atoms with Gasteiger partial charge in [0.1, 0.15) is 6.54 Å². The summed E-state index contributed by atoms with van der Waals surface area (Å²) in [4.78, 5) is 40.0. The highest BCUT2D eigenvalue weighted by molar-refractivity contribution is 6.04. The van der Waals surface area contributed by atoms with E-state index < -0.39 is 6.03 Å². The Morgan fingerprint density at radius 2 is 2.18 bits per heavy atom. The lowest BCUT2D eigenvalue weighted by Gasteiger charge is -2.32. The first kappa shape index (κ1) is 16.0. The zero-order chi connectivity index (χ0) is 16.3. The monoisotopic (exact) mass is 307 g/mol. The van der Waals surface area contributed by atoms with Crippen LogP contribution >= 0.6 is 0 Å². The Morgan fingerprint density at radius 3 is 2.68 bits per heavy atom. The van der Waals surface area contributed by atoms with Crippen LogP contribution in [0, 0.1) is 5.41 Å². The molecular formula is C14H21N5O3. The van der Waals surface area contributed by atoms with E-state index in [1.807, 2.05) is 31.5 Å². The van der Waals surface area contributed by atoms with E-state index in [1.54, 1.807) is 12.5 Å². The molecule has 1 aromatic rings. The van der Waals surface area contributed by atoms with Crippen molar-refractivity contribution in [2.24, 2.45) is 5.41 Å². The Balaban J connectivity index is 1.99. The predicted molar refractivity (Wildman–Crippen MR) is 78.7 cm³/mol. The Kier molecular flexibility index (Phi) is 4.48. The third-order valence-corrected chi connectivity index (χ3v) is 3.57. The molecule has 2 N–H and O–H groups in total. The number of amides is 4. The fraction of sp³-hybridized carbons (Fsp3) is 0.571. The Labute approximate surface area is 128 Å². The van der Waals surface area contributed by atoms with Crippen molar-refractivity contribution in [1.29, 1.82) is 0 Å². The van der Waals surface area contributed by atoms with Crippen molar-refractivity contribution in [2.75, 3.05) is 13.1 Å². The number of aromatic nitrogens is 2. The number of imide groups is 1. The molecule has 0 aliphatic carbocycles. The molecule has 1 aliphatic heterocycles. The minimum atomic E-state index is -0.526. The van der Waals surface area contributed by atoms with Crippen molar-refractivity contribution in [3.05, 3.63) is 18.7 Å². The molecule has 0 radical (unpaired) electrons. The molecule has 8 nitrogen and oxygen atoms in total. The van der Waals surface area contributed by atoms with Gasteiger partial charge in [-0.2, -0.15) is 0 Å². The number of nitrogens with one attached hydrogen (secondary N) is 2. The maximum Gasteiger partial charge on any atom is 0.325 e. The first-order valence-corrected chi connectivity index (χ1v) is 7.10. The number of carbonyl (C=O) groups is 3. The number of urea groups is 1. The molecule has 0 aromatic carbocycles. The van der Waals surface area contributed by atoms with Crippen molar-refractivity contribution in [3.8, 4) is 0 Å². The van der Waals surface area contributed by atoms with E-state index in [2.05, 4.69) is 15.6 Å². The highest BCUT2D eigenvalue weighted by atomic mass is 16.2. The maximum absolute atomic E-state index is 12.2. The van der Waals surface area contributed by atoms with Crippen LogP contribution in [0.2, 0.25) is 0 Å². The molecular weight excluding hydrogens is 286 g/mol. The van der Waals surface area contributed by atoms with Gasteiger partial charge in [0.25, 0.3) is 5.91 Å². The lowest BCUT2D eigenvalue weighted by molar-refractivity contribution is -0.131. The van der Waals surface area contributed by atoms with E-state index in [4.69, 9.17) is 0 Å². The van der Waals surface area contributed by atoms with E-state index in [0.29, 0.717) is 6.54 Å². The molecule has 2 heterocycles. The van der Waals surface area contributed by atoms with Crippen LogP contribution in [0.1, 0.15) is 20.8 Å². The van der Waals surface area contributed by atoms with Crippen molar-refractivity contribution in [2.45, 2.75) is 33.4 Å². The highest BCUT2D eigenvalue weighted by Gasteiger charge is 2.32. The average Bonchev–Trinajstić information content (AvgIpc) is 3.02. The van der Waals surface area contributed by atoms with Crippen LogP contribution in [0.4, 0.5) is 4.79 Å². The lowest BCUT2D eigenvalue weighted by Crippen LogP contribution is -2.50. The molecule has 120 valence electrons. The van der Waals surface area contributed by atoms with Gasteiger partial charge in [0.2, 0.25) is 5.91 Å². The van der Waals surface area contributed by atoms with Gasteiger partial charge in [-0.3, -0.25) is 14.5 Å². The number of imidazole rings is 1. The van der Waals surface area contributed by atoms with E-state index in [9.17, 15) is 14.4 Å². The van der Waals surface area contributed by atoms with Gasteiger partial charge in [-0.05, 0) is 5.41 Å². The van der Waals surface area contributed by atoms with Crippen LogP contribution in [-0.2, 0) is 16.1 Å². The van der Waals surface area contributed by atoms with Gasteiger partial charge < -0.3 is 15.2 Å². The summed E-state index contributed by atoms with van der Waals surface area (Å²) >= 11 is 0. The molecule has 22 heavy (non-hydrogen) atoms. The Hall–Kier alpha value is -2.38. The van der Waals surface area contributed by atoms with Crippen molar-refractivity contribution in [1.82, 2.24) is 25.1 Å². The Morgan fingerprint density at radius 1 is 1.45 bits per heavy atom. The Bertz CT molecular complexity index is 546. The molecule has 0 saturated carbocycles. The smallest absolute Gasteiger partial charge is 0.325 e. The standard InChI is InChI=1S/C14H21N5O3/c1-14(2,3)10(7-18-5-4-15-9-18)17-11(20)8-19-12(21)6-16-13(19)22/h4-5,9-10H,6-8H2,1-3H3,(H,16,22)(H,17,20)/t10-/m0/s1. The molecule has 1 aliphatic rings. The minimum Gasteiger partial charge on any atom is -0.349 e. The third-order valence-electron chi connectivity index (χ3n) is 3.57. The molecule has 2 rings (SSSR count). The summed E-state index contributed by atoms with van der Waals surface area (Å²) in [5, 5.41) is 5.29. The van der Waals surface area contributed by atoms with Gasteiger partial charge in [0.05, 0.1) is 18.9 Å². The zero-order valence-electron chi connectivity index (χ0n) is 13.0. The van der Waals surface area contributed by atoms with Crippen LogP contribution in [0.5, 0.6) is 0 Å². The largest absolute Gasteiger partial charge is 0.349 e. The van der Waals surface area contributed by atoms with Gasteiger partial charge in [-0.15, -0.1) is 0 Å². The first-order chi connectivity index (χ1) is 10.3. The highest BCUT2D eigenvalue weighted by Crippen LogP contribution is 2.20. The second-order valence-corrected chi connectivity index (χ2v) is 6.38. The second-order valence-electron chi connectivity index (χ2n) is 6.38. The van der Waals surface area contributed by atoms with Crippen LogP contribution < -0.4 is 10.6 Å². The normalized spacial score (nSPS) is 16.6. The summed E-state index contributed by atoms with van der Waals surface area (Å²) in [6.45, 7) is 6.30. The van der Waals surface area contributed by atoms with Crippen LogP contribution in [-0.4, -0.2) is 51.4 Å². The maximum atomic E-state index is 12.2. The van der Waals surface area contributed by atoms with Crippen LogP contribution in [0.15, 0.2) is 18.7 Å². The summed E-state index contributed by atoms with van der Waals surface area (Å²) < 4.78 is 1.88. The van der Waals surface area contributed by atoms with Crippen molar-refractivity contribution in [3.63, 3.8) is 0 Å². The summed E-state index contributed by atoms with van der Waals surface area (Å²) in [5.74, 6) is -0.743. The van der Waals surface area contributed by atoms with Crippen molar-refractivity contribution < 1.29 is 14.4 Å². The van der Waals surface area contributed by atoms with E-state index in [1.165, 1.54) is 0 Å². The van der Waals surface area contributed by atoms with E-state index in [0.717, 1.165) is 4.90 Å². The van der Waals surface area contributed by atoms with Crippen LogP contribution in [0.3, 0.4) is 0 Å². The topological polar surface area (TPSA) is 96.3 Å². The fourth-order valence-electron chi connectivity index (χ4n) is 2.14. The number of hydrogen-bond donors (Lipinski definition) is 2. The van der Waals surface area contributed by atoms with Gasteiger partial charge >= 0.3 is 6.03 Å². The van der Waals surface area contributed by atoms with Crippen LogP contribution in [0.25, 0.3) is 0 Å². The van der Waals surface area contributed by atoms with Gasteiger partial charge in [-0.1, -0.05) is 20.8 Å². The first-order valence-electron chi connectivity index (χ1n) is 7.10. The third kappa shape index (κ3) is 3.84. The number of carbonyl (C=O) groups excluding carboxylic acids is 3. The van der Waals surface area contributed by atoms with Gasteiger partial charge in [0.15, 0.2) is 0 Å². The molecule has 8 heteroatoms. The molecule has 0 bridgehead atoms. The van der Waals surface area contributed by atoms with Crippen molar-refractivity contribution >= 4 is 17.8 Å². The predicted octanol–water partition coefficient (Wildman–Crippen LogP) is -0.0342. The average molecular weight is 307 g/mol. The molecule has 4 amide bonds. The molecule has 0 spiro atoms. The van der Waals surface area contributed by atoms with Gasteiger partial charge in [0, 0.05) is 18.9 Å².